The fourth-order valence-corrected chi connectivity index (χ4v) is 2.18. The first-order valence-corrected chi connectivity index (χ1v) is 8.62. The van der Waals surface area contributed by atoms with Gasteiger partial charge >= 0.3 is 5.97 Å². The van der Waals surface area contributed by atoms with E-state index >= 15 is 0 Å². The van der Waals surface area contributed by atoms with E-state index in [2.05, 4.69) is 0 Å². The number of rotatable bonds is 9. The van der Waals surface area contributed by atoms with Crippen LogP contribution in [0.3, 0.4) is 0 Å². The predicted octanol–water partition coefficient (Wildman–Crippen LogP) is 0.0946. The minimum Gasteiger partial charge on any atom is -0.427 e. The molecule has 4 N–H and O–H groups in total. The summed E-state index contributed by atoms with van der Waals surface area (Å²) < 4.78 is 39.6. The molecule has 0 amide bonds. The van der Waals surface area contributed by atoms with Gasteiger partial charge in [0.25, 0.3) is 10.1 Å². The lowest BCUT2D eigenvalue weighted by Crippen LogP contribution is -2.38. The number of hydrogen-bond acceptors (Lipinski definition) is 7. The number of aliphatic hydroxyl groups excluding tert-OH is 1. The van der Waals surface area contributed by atoms with E-state index < -0.39 is 40.6 Å². The van der Waals surface area contributed by atoms with Crippen molar-refractivity contribution in [3.8, 4) is 5.75 Å². The second-order valence-corrected chi connectivity index (χ2v) is 6.44. The minimum absolute atomic E-state index is 0.244. The standard InChI is InChI=1S/C14H21NO7S/c1-2-21-14(17)12(15)9-10-3-5-11(6-4-10)22-13(16)7-8-23(18,19)20/h3-6,12,14,17H,2,7-9,15H2,1H3,(H,18,19,20). The van der Waals surface area contributed by atoms with Crippen molar-refractivity contribution < 1.29 is 32.3 Å². The van der Waals surface area contributed by atoms with Crippen LogP contribution < -0.4 is 10.5 Å². The van der Waals surface area contributed by atoms with Crippen LogP contribution in [0.15, 0.2) is 24.3 Å². The largest absolute Gasteiger partial charge is 0.427 e. The quantitative estimate of drug-likeness (QED) is 0.247. The third-order valence-electron chi connectivity index (χ3n) is 2.89. The van der Waals surface area contributed by atoms with E-state index in [0.29, 0.717) is 13.0 Å². The summed E-state index contributed by atoms with van der Waals surface area (Å²) >= 11 is 0. The maximum Gasteiger partial charge on any atom is 0.312 e. The second-order valence-electron chi connectivity index (χ2n) is 4.87. The van der Waals surface area contributed by atoms with Crippen molar-refractivity contribution in [2.45, 2.75) is 32.1 Å². The van der Waals surface area contributed by atoms with Gasteiger partial charge in [-0.05, 0) is 31.0 Å². The van der Waals surface area contributed by atoms with Gasteiger partial charge in [0.05, 0.1) is 18.2 Å². The minimum atomic E-state index is -4.19. The molecule has 1 rings (SSSR count). The SMILES string of the molecule is CCOC(O)C(N)Cc1ccc(OC(=O)CCS(=O)(=O)O)cc1. The molecule has 0 aliphatic heterocycles. The van der Waals surface area contributed by atoms with Gasteiger partial charge in [-0.25, -0.2) is 0 Å². The molecule has 0 bridgehead atoms. The number of carbonyl (C=O) groups excluding carboxylic acids is 1. The zero-order valence-corrected chi connectivity index (χ0v) is 13.5. The van der Waals surface area contributed by atoms with E-state index in [-0.39, 0.29) is 5.75 Å². The van der Waals surface area contributed by atoms with Gasteiger partial charge in [-0.15, -0.1) is 0 Å². The fraction of sp³-hybridized carbons (Fsp3) is 0.500. The summed E-state index contributed by atoms with van der Waals surface area (Å²) in [5, 5.41) is 9.59. The number of ether oxygens (including phenoxy) is 2. The first kappa shape index (κ1) is 19.5. The Morgan fingerprint density at radius 2 is 1.91 bits per heavy atom. The highest BCUT2D eigenvalue weighted by Gasteiger charge is 2.15. The number of esters is 1. The molecule has 0 aromatic heterocycles. The Balaban J connectivity index is 2.51. The van der Waals surface area contributed by atoms with Crippen LogP contribution in [0.25, 0.3) is 0 Å². The van der Waals surface area contributed by atoms with E-state index in [4.69, 9.17) is 19.8 Å². The van der Waals surface area contributed by atoms with Gasteiger partial charge in [0.2, 0.25) is 0 Å². The number of aliphatic hydroxyl groups is 1. The van der Waals surface area contributed by atoms with Crippen LogP contribution >= 0.6 is 0 Å². The second kappa shape index (κ2) is 8.94. The molecule has 1 aromatic rings. The summed E-state index contributed by atoms with van der Waals surface area (Å²) in [6, 6.07) is 5.81. The smallest absolute Gasteiger partial charge is 0.312 e. The van der Waals surface area contributed by atoms with Gasteiger partial charge < -0.3 is 20.3 Å². The van der Waals surface area contributed by atoms with Crippen molar-refractivity contribution in [2.75, 3.05) is 12.4 Å². The lowest BCUT2D eigenvalue weighted by Gasteiger charge is -2.18. The molecule has 2 unspecified atom stereocenters. The molecule has 0 fully saturated rings. The number of carbonyl (C=O) groups is 1. The lowest BCUT2D eigenvalue weighted by atomic mass is 10.1. The van der Waals surface area contributed by atoms with Crippen molar-refractivity contribution >= 4 is 16.1 Å². The number of hydrogen-bond donors (Lipinski definition) is 3. The van der Waals surface area contributed by atoms with Crippen LogP contribution in [-0.4, -0.2) is 48.7 Å². The molecule has 0 radical (unpaired) electrons. The van der Waals surface area contributed by atoms with Crippen LogP contribution in [0.2, 0.25) is 0 Å². The molecule has 8 nitrogen and oxygen atoms in total. The van der Waals surface area contributed by atoms with Crippen LogP contribution in [0.5, 0.6) is 5.75 Å². The van der Waals surface area contributed by atoms with E-state index in [1.807, 2.05) is 0 Å². The summed E-state index contributed by atoms with van der Waals surface area (Å²) in [6.45, 7) is 2.11. The Kier molecular flexibility index (Phi) is 7.59. The summed E-state index contributed by atoms with van der Waals surface area (Å²) in [6.07, 6.45) is -1.12. The molecule has 1 aromatic carbocycles. The van der Waals surface area contributed by atoms with Crippen LogP contribution in [0, 0.1) is 0 Å². The zero-order valence-electron chi connectivity index (χ0n) is 12.7. The Morgan fingerprint density at radius 1 is 1.30 bits per heavy atom. The monoisotopic (exact) mass is 347 g/mol. The molecule has 0 saturated carbocycles. The first-order valence-electron chi connectivity index (χ1n) is 7.01. The van der Waals surface area contributed by atoms with E-state index in [0.717, 1.165) is 5.56 Å². The highest BCUT2D eigenvalue weighted by Crippen LogP contribution is 2.15. The average molecular weight is 347 g/mol. The fourth-order valence-electron chi connectivity index (χ4n) is 1.76. The number of benzene rings is 1. The third kappa shape index (κ3) is 8.05. The van der Waals surface area contributed by atoms with Crippen molar-refractivity contribution in [1.82, 2.24) is 0 Å². The van der Waals surface area contributed by atoms with Gasteiger partial charge in [-0.2, -0.15) is 8.42 Å². The molecule has 9 heteroatoms. The third-order valence-corrected chi connectivity index (χ3v) is 3.61. The van der Waals surface area contributed by atoms with Crippen molar-refractivity contribution in [2.24, 2.45) is 5.73 Å². The molecule has 23 heavy (non-hydrogen) atoms. The van der Waals surface area contributed by atoms with Crippen LogP contribution in [-0.2, 0) is 26.1 Å². The van der Waals surface area contributed by atoms with E-state index in [1.54, 1.807) is 19.1 Å². The summed E-state index contributed by atoms with van der Waals surface area (Å²) in [5.74, 6) is -1.21. The summed E-state index contributed by atoms with van der Waals surface area (Å²) in [7, 11) is -4.19. The average Bonchev–Trinajstić information content (AvgIpc) is 2.47. The van der Waals surface area contributed by atoms with Crippen LogP contribution in [0.4, 0.5) is 0 Å². The van der Waals surface area contributed by atoms with Gasteiger partial charge in [-0.3, -0.25) is 9.35 Å². The maximum absolute atomic E-state index is 11.4. The highest BCUT2D eigenvalue weighted by atomic mass is 32.2. The normalized spacial score (nSPS) is 14.3. The van der Waals surface area contributed by atoms with Crippen LogP contribution in [0.1, 0.15) is 18.9 Å². The molecular weight excluding hydrogens is 326 g/mol. The van der Waals surface area contributed by atoms with Crippen molar-refractivity contribution in [3.63, 3.8) is 0 Å². The molecule has 0 saturated heterocycles. The Labute approximate surface area is 135 Å². The van der Waals surface area contributed by atoms with Gasteiger partial charge in [-0.1, -0.05) is 12.1 Å². The number of nitrogens with two attached hydrogens (primary N) is 1. The Bertz CT molecular complexity index is 600. The molecule has 130 valence electrons. The van der Waals surface area contributed by atoms with Gasteiger partial charge in [0, 0.05) is 6.61 Å². The summed E-state index contributed by atoms with van der Waals surface area (Å²) in [4.78, 5) is 11.4. The molecule has 0 aliphatic carbocycles. The topological polar surface area (TPSA) is 136 Å². The molecule has 0 heterocycles. The highest BCUT2D eigenvalue weighted by molar-refractivity contribution is 7.85. The Hall–Kier alpha value is -1.52. The van der Waals surface area contributed by atoms with Gasteiger partial charge in [0.1, 0.15) is 5.75 Å². The molecule has 0 spiro atoms. The van der Waals surface area contributed by atoms with E-state index in [9.17, 15) is 18.3 Å². The Morgan fingerprint density at radius 3 is 2.43 bits per heavy atom. The molecule has 2 atom stereocenters. The predicted molar refractivity (Wildman–Crippen MR) is 82.4 cm³/mol. The molecule has 0 aliphatic rings. The maximum atomic E-state index is 11.4. The van der Waals surface area contributed by atoms with Crippen molar-refractivity contribution in [3.05, 3.63) is 29.8 Å². The van der Waals surface area contributed by atoms with Crippen molar-refractivity contribution in [1.29, 1.82) is 0 Å². The molecular formula is C14H21NO7S. The summed E-state index contributed by atoms with van der Waals surface area (Å²) in [5.41, 5.74) is 6.61. The first-order chi connectivity index (χ1) is 10.7. The lowest BCUT2D eigenvalue weighted by molar-refractivity contribution is -0.133. The van der Waals surface area contributed by atoms with E-state index in [1.165, 1.54) is 12.1 Å². The van der Waals surface area contributed by atoms with Gasteiger partial charge in [0.15, 0.2) is 6.29 Å². The zero-order chi connectivity index (χ0) is 17.5.